The molecule has 3 atom stereocenters. The van der Waals surface area contributed by atoms with Gasteiger partial charge in [0.15, 0.2) is 0 Å². The minimum absolute atomic E-state index is 0.108. The third-order valence-electron chi connectivity index (χ3n) is 1.99. The standard InChI is InChI=1S/C6H14NO2P.C2H6/c8-4-6(9)5-1-2-7(10)3-5;1-2/h5-6,8-9H,1-4,10H2;1-2H3. The summed E-state index contributed by atoms with van der Waals surface area (Å²) in [5, 5.41) is 17.8. The highest BCUT2D eigenvalue weighted by Crippen LogP contribution is 2.21. The molecule has 0 amide bonds. The van der Waals surface area contributed by atoms with E-state index >= 15 is 0 Å². The van der Waals surface area contributed by atoms with Crippen LogP contribution in [-0.2, 0) is 0 Å². The molecule has 1 heterocycles. The van der Waals surface area contributed by atoms with Crippen LogP contribution in [-0.4, -0.2) is 40.7 Å². The second-order valence-corrected chi connectivity index (χ2v) is 3.52. The highest BCUT2D eigenvalue weighted by Gasteiger charge is 2.25. The maximum absolute atomic E-state index is 9.19. The molecular formula is C8H20NO2P. The Hall–Kier alpha value is 0.310. The van der Waals surface area contributed by atoms with Crippen molar-refractivity contribution in [2.45, 2.75) is 26.4 Å². The Morgan fingerprint density at radius 3 is 2.50 bits per heavy atom. The molecule has 12 heavy (non-hydrogen) atoms. The lowest BCUT2D eigenvalue weighted by Gasteiger charge is -2.14. The topological polar surface area (TPSA) is 43.7 Å². The molecule has 3 nitrogen and oxygen atoms in total. The van der Waals surface area contributed by atoms with Gasteiger partial charge >= 0.3 is 0 Å². The van der Waals surface area contributed by atoms with Crippen LogP contribution in [0.3, 0.4) is 0 Å². The molecule has 0 aromatic rings. The van der Waals surface area contributed by atoms with E-state index in [2.05, 4.69) is 14.1 Å². The first-order valence-corrected chi connectivity index (χ1v) is 5.04. The fourth-order valence-corrected chi connectivity index (χ4v) is 1.70. The van der Waals surface area contributed by atoms with Gasteiger partial charge < -0.3 is 10.2 Å². The zero-order chi connectivity index (χ0) is 9.56. The molecule has 1 aliphatic rings. The minimum Gasteiger partial charge on any atom is -0.394 e. The van der Waals surface area contributed by atoms with Gasteiger partial charge in [-0.05, 0) is 6.42 Å². The van der Waals surface area contributed by atoms with Gasteiger partial charge in [0.2, 0.25) is 0 Å². The molecule has 0 saturated carbocycles. The van der Waals surface area contributed by atoms with Gasteiger partial charge in [0.05, 0.1) is 12.7 Å². The van der Waals surface area contributed by atoms with E-state index in [9.17, 15) is 5.11 Å². The molecule has 0 spiro atoms. The molecule has 1 saturated heterocycles. The van der Waals surface area contributed by atoms with Crippen LogP contribution in [0.15, 0.2) is 0 Å². The van der Waals surface area contributed by atoms with E-state index < -0.39 is 6.10 Å². The zero-order valence-corrected chi connectivity index (χ0v) is 9.06. The zero-order valence-electron chi connectivity index (χ0n) is 7.90. The summed E-state index contributed by atoms with van der Waals surface area (Å²) >= 11 is 0. The quantitative estimate of drug-likeness (QED) is 0.627. The summed E-state index contributed by atoms with van der Waals surface area (Å²) in [7, 11) is 2.60. The van der Waals surface area contributed by atoms with Gasteiger partial charge in [-0.25, -0.2) is 0 Å². The average Bonchev–Trinajstić information content (AvgIpc) is 2.54. The largest absolute Gasteiger partial charge is 0.394 e. The molecule has 1 rings (SSSR count). The Bertz CT molecular complexity index is 113. The number of nitrogens with zero attached hydrogens (tertiary/aromatic N) is 1. The number of rotatable bonds is 2. The Morgan fingerprint density at radius 2 is 2.17 bits per heavy atom. The molecule has 74 valence electrons. The van der Waals surface area contributed by atoms with Crippen molar-refractivity contribution in [1.29, 1.82) is 0 Å². The van der Waals surface area contributed by atoms with Gasteiger partial charge in [-0.2, -0.15) is 0 Å². The molecule has 0 bridgehead atoms. The highest BCUT2D eigenvalue weighted by atomic mass is 31.0. The number of aliphatic hydroxyl groups is 2. The molecular weight excluding hydrogens is 173 g/mol. The van der Waals surface area contributed by atoms with E-state index in [4.69, 9.17) is 5.11 Å². The normalized spacial score (nSPS) is 26.2. The highest BCUT2D eigenvalue weighted by molar-refractivity contribution is 7.13. The van der Waals surface area contributed by atoms with Crippen LogP contribution in [0.4, 0.5) is 0 Å². The van der Waals surface area contributed by atoms with Crippen molar-refractivity contribution in [3.63, 3.8) is 0 Å². The van der Waals surface area contributed by atoms with Crippen molar-refractivity contribution in [2.75, 3.05) is 19.7 Å². The lowest BCUT2D eigenvalue weighted by Crippen LogP contribution is -2.25. The van der Waals surface area contributed by atoms with E-state index in [1.807, 2.05) is 13.8 Å². The van der Waals surface area contributed by atoms with Crippen LogP contribution < -0.4 is 0 Å². The van der Waals surface area contributed by atoms with E-state index in [0.717, 1.165) is 19.5 Å². The second kappa shape index (κ2) is 6.79. The minimum atomic E-state index is -0.523. The van der Waals surface area contributed by atoms with Gasteiger partial charge in [0, 0.05) is 19.0 Å². The van der Waals surface area contributed by atoms with Gasteiger partial charge in [-0.3, -0.25) is 4.67 Å². The molecule has 2 N–H and O–H groups in total. The smallest absolute Gasteiger partial charge is 0.0811 e. The van der Waals surface area contributed by atoms with Crippen molar-refractivity contribution in [1.82, 2.24) is 4.67 Å². The SMILES string of the molecule is CC.OCC(O)C1CCN(P)C1. The predicted molar refractivity (Wildman–Crippen MR) is 53.8 cm³/mol. The average molecular weight is 193 g/mol. The predicted octanol–water partition coefficient (Wildman–Crippen LogP) is 0.478. The Balaban J connectivity index is 0.000000561. The first-order chi connectivity index (χ1) is 5.74. The van der Waals surface area contributed by atoms with E-state index in [-0.39, 0.29) is 12.5 Å². The molecule has 3 unspecified atom stereocenters. The summed E-state index contributed by atoms with van der Waals surface area (Å²) < 4.78 is 2.09. The maximum atomic E-state index is 9.19. The van der Waals surface area contributed by atoms with Crippen LogP contribution >= 0.6 is 9.39 Å². The van der Waals surface area contributed by atoms with Crippen LogP contribution in [0.25, 0.3) is 0 Å². The third kappa shape index (κ3) is 3.81. The summed E-state index contributed by atoms with van der Waals surface area (Å²) in [6.07, 6.45) is 0.469. The molecule has 1 fully saturated rings. The molecule has 4 heteroatoms. The van der Waals surface area contributed by atoms with E-state index in [0.29, 0.717) is 0 Å². The number of hydrogen-bond acceptors (Lipinski definition) is 3. The van der Waals surface area contributed by atoms with E-state index in [1.165, 1.54) is 0 Å². The summed E-state index contributed by atoms with van der Waals surface area (Å²) in [6, 6.07) is 0. The number of hydrogen-bond donors (Lipinski definition) is 2. The molecule has 0 radical (unpaired) electrons. The van der Waals surface area contributed by atoms with Crippen LogP contribution in [0, 0.1) is 5.92 Å². The van der Waals surface area contributed by atoms with Crippen molar-refractivity contribution in [3.05, 3.63) is 0 Å². The molecule has 0 aromatic carbocycles. The molecule has 0 aliphatic carbocycles. The van der Waals surface area contributed by atoms with Gasteiger partial charge in [-0.15, -0.1) is 0 Å². The second-order valence-electron chi connectivity index (χ2n) is 2.79. The Labute approximate surface area is 77.0 Å². The third-order valence-corrected chi connectivity index (χ3v) is 2.46. The monoisotopic (exact) mass is 193 g/mol. The van der Waals surface area contributed by atoms with Crippen LogP contribution in [0.2, 0.25) is 0 Å². The summed E-state index contributed by atoms with van der Waals surface area (Å²) in [6.45, 7) is 5.78. The van der Waals surface area contributed by atoms with Crippen molar-refractivity contribution >= 4 is 9.39 Å². The fourth-order valence-electron chi connectivity index (χ4n) is 1.28. The summed E-state index contributed by atoms with van der Waals surface area (Å²) in [5.74, 6) is 0.266. The Morgan fingerprint density at radius 1 is 1.58 bits per heavy atom. The summed E-state index contributed by atoms with van der Waals surface area (Å²) in [4.78, 5) is 0. The van der Waals surface area contributed by atoms with E-state index in [1.54, 1.807) is 0 Å². The molecule has 1 aliphatic heterocycles. The first kappa shape index (κ1) is 12.3. The summed E-state index contributed by atoms with van der Waals surface area (Å²) in [5.41, 5.74) is 0. The number of aliphatic hydroxyl groups excluding tert-OH is 2. The van der Waals surface area contributed by atoms with Crippen molar-refractivity contribution in [2.24, 2.45) is 5.92 Å². The first-order valence-electron chi connectivity index (χ1n) is 4.52. The lowest BCUT2D eigenvalue weighted by molar-refractivity contribution is 0.0524. The lowest BCUT2D eigenvalue weighted by atomic mass is 10.0. The van der Waals surface area contributed by atoms with Gasteiger partial charge in [0.25, 0.3) is 0 Å². The van der Waals surface area contributed by atoms with Gasteiger partial charge in [0.1, 0.15) is 0 Å². The van der Waals surface area contributed by atoms with Crippen LogP contribution in [0.5, 0.6) is 0 Å². The Kier molecular flexibility index (Phi) is 6.96. The van der Waals surface area contributed by atoms with Gasteiger partial charge in [-0.1, -0.05) is 23.2 Å². The fraction of sp³-hybridized carbons (Fsp3) is 1.00. The van der Waals surface area contributed by atoms with Crippen LogP contribution in [0.1, 0.15) is 20.3 Å². The molecule has 0 aromatic heterocycles. The van der Waals surface area contributed by atoms with Crippen molar-refractivity contribution < 1.29 is 10.2 Å². The van der Waals surface area contributed by atoms with Crippen molar-refractivity contribution in [3.8, 4) is 0 Å². The maximum Gasteiger partial charge on any atom is 0.0811 e.